The van der Waals surface area contributed by atoms with Crippen LogP contribution in [0.15, 0.2) is 0 Å². The molecule has 1 heterocycles. The van der Waals surface area contributed by atoms with E-state index in [0.717, 1.165) is 18.8 Å². The number of morpholine rings is 1. The Morgan fingerprint density at radius 3 is 2.57 bits per heavy atom. The molecule has 1 unspecified atom stereocenters. The van der Waals surface area contributed by atoms with Crippen LogP contribution in [0.4, 0.5) is 0 Å². The average Bonchev–Trinajstić information content (AvgIpc) is 2.53. The number of ether oxygens (including phenoxy) is 1. The monoisotopic (exact) mass is 296 g/mol. The Morgan fingerprint density at radius 1 is 1.24 bits per heavy atom. The van der Waals surface area contributed by atoms with Crippen molar-refractivity contribution >= 4 is 11.8 Å². The van der Waals surface area contributed by atoms with E-state index in [1.54, 1.807) is 4.90 Å². The highest BCUT2D eigenvalue weighted by Crippen LogP contribution is 2.33. The van der Waals surface area contributed by atoms with E-state index in [0.29, 0.717) is 19.7 Å². The fourth-order valence-corrected chi connectivity index (χ4v) is 3.47. The highest BCUT2D eigenvalue weighted by molar-refractivity contribution is 5.82. The summed E-state index contributed by atoms with van der Waals surface area (Å²) in [4.78, 5) is 25.5. The van der Waals surface area contributed by atoms with Crippen molar-refractivity contribution in [2.24, 2.45) is 17.6 Å². The average molecular weight is 296 g/mol. The van der Waals surface area contributed by atoms with E-state index in [9.17, 15) is 9.59 Å². The Morgan fingerprint density at radius 2 is 1.95 bits per heavy atom. The van der Waals surface area contributed by atoms with Gasteiger partial charge in [0.15, 0.2) is 6.10 Å². The molecule has 5 heteroatoms. The summed E-state index contributed by atoms with van der Waals surface area (Å²) in [6.45, 7) is 3.54. The van der Waals surface area contributed by atoms with E-state index < -0.39 is 12.0 Å². The second-order valence-electron chi connectivity index (χ2n) is 6.41. The summed E-state index contributed by atoms with van der Waals surface area (Å²) in [5, 5.41) is 0. The number of amides is 2. The Kier molecular flexibility index (Phi) is 6.03. The van der Waals surface area contributed by atoms with Gasteiger partial charge >= 0.3 is 0 Å². The van der Waals surface area contributed by atoms with E-state index in [-0.39, 0.29) is 11.8 Å². The summed E-state index contributed by atoms with van der Waals surface area (Å²) in [5.74, 6) is 0.654. The number of nitrogens with two attached hydrogens (primary N) is 1. The highest BCUT2D eigenvalue weighted by atomic mass is 16.5. The molecule has 0 aromatic rings. The largest absolute Gasteiger partial charge is 0.367 e. The molecular weight excluding hydrogens is 268 g/mol. The number of unbranched alkanes of at least 4 members (excludes halogenated alkanes) is 1. The van der Waals surface area contributed by atoms with Gasteiger partial charge in [-0.3, -0.25) is 9.59 Å². The lowest BCUT2D eigenvalue weighted by molar-refractivity contribution is -0.149. The Labute approximate surface area is 127 Å². The minimum Gasteiger partial charge on any atom is -0.367 e. The van der Waals surface area contributed by atoms with Gasteiger partial charge in [-0.05, 0) is 31.6 Å². The van der Waals surface area contributed by atoms with Crippen LogP contribution < -0.4 is 5.73 Å². The maximum absolute atomic E-state index is 12.6. The molecule has 2 rings (SSSR count). The van der Waals surface area contributed by atoms with Gasteiger partial charge in [0.25, 0.3) is 0 Å². The third-order valence-electron chi connectivity index (χ3n) is 4.86. The Balaban J connectivity index is 1.80. The fraction of sp³-hybridized carbons (Fsp3) is 0.875. The van der Waals surface area contributed by atoms with E-state index in [2.05, 4.69) is 6.92 Å². The molecule has 0 bridgehead atoms. The summed E-state index contributed by atoms with van der Waals surface area (Å²) < 4.78 is 5.30. The number of hydrogen-bond donors (Lipinski definition) is 1. The van der Waals surface area contributed by atoms with Crippen LogP contribution in [0.3, 0.4) is 0 Å². The van der Waals surface area contributed by atoms with E-state index in [1.807, 2.05) is 0 Å². The van der Waals surface area contributed by atoms with Crippen molar-refractivity contribution in [3.05, 3.63) is 0 Å². The zero-order chi connectivity index (χ0) is 15.2. The molecular formula is C16H28N2O3. The molecule has 2 aliphatic rings. The quantitative estimate of drug-likeness (QED) is 0.839. The van der Waals surface area contributed by atoms with Crippen LogP contribution >= 0.6 is 0 Å². The van der Waals surface area contributed by atoms with Gasteiger partial charge in [-0.2, -0.15) is 0 Å². The van der Waals surface area contributed by atoms with Gasteiger partial charge in [0.1, 0.15) is 0 Å². The molecule has 1 saturated heterocycles. The van der Waals surface area contributed by atoms with Crippen LogP contribution in [0.1, 0.15) is 51.9 Å². The lowest BCUT2D eigenvalue weighted by atomic mass is 9.79. The van der Waals surface area contributed by atoms with Crippen LogP contribution in [0.2, 0.25) is 0 Å². The van der Waals surface area contributed by atoms with Crippen LogP contribution in [0, 0.1) is 11.8 Å². The molecule has 2 fully saturated rings. The summed E-state index contributed by atoms with van der Waals surface area (Å²) in [6.07, 6.45) is 7.54. The van der Waals surface area contributed by atoms with Crippen molar-refractivity contribution < 1.29 is 14.3 Å². The zero-order valence-electron chi connectivity index (χ0n) is 13.1. The lowest BCUT2D eigenvalue weighted by Gasteiger charge is -2.36. The van der Waals surface area contributed by atoms with Crippen molar-refractivity contribution in [2.45, 2.75) is 58.0 Å². The van der Waals surface area contributed by atoms with Gasteiger partial charge < -0.3 is 15.4 Å². The predicted molar refractivity (Wildman–Crippen MR) is 80.5 cm³/mol. The number of rotatable bonds is 5. The molecule has 1 aliphatic heterocycles. The highest BCUT2D eigenvalue weighted by Gasteiger charge is 2.33. The number of primary amides is 1. The van der Waals surface area contributed by atoms with E-state index in [4.69, 9.17) is 10.5 Å². The molecule has 0 aromatic heterocycles. The van der Waals surface area contributed by atoms with Crippen molar-refractivity contribution in [3.8, 4) is 0 Å². The van der Waals surface area contributed by atoms with Crippen molar-refractivity contribution in [2.75, 3.05) is 19.7 Å². The first kappa shape index (κ1) is 16.3. The molecule has 21 heavy (non-hydrogen) atoms. The normalized spacial score (nSPS) is 30.1. The molecule has 1 saturated carbocycles. The third-order valence-corrected chi connectivity index (χ3v) is 4.86. The van der Waals surface area contributed by atoms with Gasteiger partial charge in [0.2, 0.25) is 11.8 Å². The first-order valence-corrected chi connectivity index (χ1v) is 8.31. The Bertz CT molecular complexity index is 365. The molecule has 5 nitrogen and oxygen atoms in total. The van der Waals surface area contributed by atoms with Crippen molar-refractivity contribution in [3.63, 3.8) is 0 Å². The van der Waals surface area contributed by atoms with Gasteiger partial charge in [-0.15, -0.1) is 0 Å². The van der Waals surface area contributed by atoms with Crippen molar-refractivity contribution in [1.82, 2.24) is 4.90 Å². The van der Waals surface area contributed by atoms with Gasteiger partial charge in [-0.1, -0.05) is 26.2 Å². The number of carbonyl (C=O) groups is 2. The summed E-state index contributed by atoms with van der Waals surface area (Å²) in [5.41, 5.74) is 5.27. The van der Waals surface area contributed by atoms with Crippen LogP contribution in [0.25, 0.3) is 0 Å². The van der Waals surface area contributed by atoms with Crippen LogP contribution in [0.5, 0.6) is 0 Å². The smallest absolute Gasteiger partial charge is 0.248 e. The lowest BCUT2D eigenvalue weighted by Crippen LogP contribution is -2.52. The second-order valence-corrected chi connectivity index (χ2v) is 6.41. The van der Waals surface area contributed by atoms with Crippen molar-refractivity contribution in [1.29, 1.82) is 0 Å². The minimum absolute atomic E-state index is 0.134. The van der Waals surface area contributed by atoms with Crippen LogP contribution in [-0.2, 0) is 14.3 Å². The van der Waals surface area contributed by atoms with E-state index in [1.165, 1.54) is 32.1 Å². The number of hydrogen-bond acceptors (Lipinski definition) is 3. The molecule has 2 amide bonds. The molecule has 0 radical (unpaired) electrons. The predicted octanol–water partition coefficient (Wildman–Crippen LogP) is 1.70. The molecule has 0 spiro atoms. The maximum Gasteiger partial charge on any atom is 0.248 e. The second kappa shape index (κ2) is 7.78. The first-order chi connectivity index (χ1) is 10.1. The van der Waals surface area contributed by atoms with Gasteiger partial charge in [-0.25, -0.2) is 0 Å². The third kappa shape index (κ3) is 4.43. The molecule has 1 aliphatic carbocycles. The maximum atomic E-state index is 12.6. The minimum atomic E-state index is -0.636. The topological polar surface area (TPSA) is 72.6 Å². The summed E-state index contributed by atoms with van der Waals surface area (Å²) >= 11 is 0. The zero-order valence-corrected chi connectivity index (χ0v) is 13.1. The first-order valence-electron chi connectivity index (χ1n) is 8.31. The molecule has 0 aromatic carbocycles. The summed E-state index contributed by atoms with van der Waals surface area (Å²) in [6, 6.07) is 0. The number of carbonyl (C=O) groups excluding carboxylic acids is 2. The SMILES string of the molecule is CCCCC1CCC(C(=O)N2CCOC(C(N)=O)C2)CC1. The van der Waals surface area contributed by atoms with Crippen LogP contribution in [-0.4, -0.2) is 42.5 Å². The molecule has 1 atom stereocenters. The number of nitrogens with zero attached hydrogens (tertiary/aromatic N) is 1. The fourth-order valence-electron chi connectivity index (χ4n) is 3.47. The molecule has 120 valence electrons. The van der Waals surface area contributed by atoms with Gasteiger partial charge in [0.05, 0.1) is 13.2 Å². The summed E-state index contributed by atoms with van der Waals surface area (Å²) in [7, 11) is 0. The van der Waals surface area contributed by atoms with E-state index >= 15 is 0 Å². The standard InChI is InChI=1S/C16H28N2O3/c1-2-3-4-12-5-7-13(8-6-12)16(20)18-9-10-21-14(11-18)15(17)19/h12-14H,2-11H2,1H3,(H2,17,19). The van der Waals surface area contributed by atoms with Gasteiger partial charge in [0, 0.05) is 12.5 Å². The Hall–Kier alpha value is -1.10. The molecule has 2 N–H and O–H groups in total.